The first kappa shape index (κ1) is 9.75. The highest BCUT2D eigenvalue weighted by atomic mass is 79.9. The largest absolute Gasteiger partial charge is 0.447 e. The molecule has 0 radical (unpaired) electrons. The average Bonchev–Trinajstić information content (AvgIpc) is 1.58. The van der Waals surface area contributed by atoms with Gasteiger partial charge < -0.3 is 10.5 Å². The van der Waals surface area contributed by atoms with Crippen molar-refractivity contribution in [3.05, 3.63) is 0 Å². The number of hydrogen-bond acceptors (Lipinski definition) is 2. The van der Waals surface area contributed by atoms with Gasteiger partial charge in [0.15, 0.2) is 0 Å². The lowest BCUT2D eigenvalue weighted by atomic mass is 10.2. The second-order valence-electron chi connectivity index (χ2n) is 2.26. The number of halogens is 1. The Hall–Kier alpha value is -0.250. The lowest BCUT2D eigenvalue weighted by Crippen LogP contribution is -2.21. The Kier molecular flexibility index (Phi) is 4.43. The zero-order valence-corrected chi connectivity index (χ0v) is 7.72. The molecule has 2 N–H and O–H groups in total. The van der Waals surface area contributed by atoms with Crippen LogP contribution < -0.4 is 5.73 Å². The Labute approximate surface area is 69.0 Å². The number of ether oxygens (including phenoxy) is 1. The molecule has 2 unspecified atom stereocenters. The smallest absolute Gasteiger partial charge is 0.404 e. The lowest BCUT2D eigenvalue weighted by molar-refractivity contribution is 0.112. The minimum atomic E-state index is -0.708. The summed E-state index contributed by atoms with van der Waals surface area (Å²) in [4.78, 5) is 10.5. The molecule has 0 saturated heterocycles. The number of carbonyl (C=O) groups is 1. The summed E-state index contributed by atoms with van der Waals surface area (Å²) >= 11 is 3.33. The highest BCUT2D eigenvalue weighted by Gasteiger charge is 2.08. The predicted octanol–water partition coefficient (Wildman–Crippen LogP) is 1.64. The van der Waals surface area contributed by atoms with Crippen molar-refractivity contribution < 1.29 is 9.53 Å². The van der Waals surface area contributed by atoms with Crippen molar-refractivity contribution in [3.8, 4) is 0 Å². The molecule has 0 bridgehead atoms. The van der Waals surface area contributed by atoms with Crippen molar-refractivity contribution in [1.82, 2.24) is 0 Å². The Balaban J connectivity index is 3.43. The maximum absolute atomic E-state index is 10.2. The Morgan fingerprint density at radius 1 is 1.70 bits per heavy atom. The fourth-order valence-corrected chi connectivity index (χ4v) is 1.23. The number of amides is 1. The summed E-state index contributed by atoms with van der Waals surface area (Å²) in [6.07, 6.45) is -0.0318. The van der Waals surface area contributed by atoms with Gasteiger partial charge in [0.1, 0.15) is 6.10 Å². The highest BCUT2D eigenvalue weighted by molar-refractivity contribution is 9.09. The fourth-order valence-electron chi connectivity index (χ4n) is 0.704. The van der Waals surface area contributed by atoms with E-state index in [1.165, 1.54) is 0 Å². The number of nitrogens with two attached hydrogens (primary N) is 1. The van der Waals surface area contributed by atoms with Gasteiger partial charge in [0.05, 0.1) is 0 Å². The molecule has 0 aliphatic heterocycles. The first-order valence-electron chi connectivity index (χ1n) is 3.12. The van der Waals surface area contributed by atoms with Crippen molar-refractivity contribution in [2.24, 2.45) is 5.73 Å². The summed E-state index contributed by atoms with van der Waals surface area (Å²) in [5, 5.41) is 0. The number of hydrogen-bond donors (Lipinski definition) is 1. The van der Waals surface area contributed by atoms with Crippen LogP contribution in [0.5, 0.6) is 0 Å². The quantitative estimate of drug-likeness (QED) is 0.720. The number of alkyl halides is 1. The van der Waals surface area contributed by atoms with Crippen LogP contribution >= 0.6 is 15.9 Å². The predicted molar refractivity (Wildman–Crippen MR) is 43.1 cm³/mol. The van der Waals surface area contributed by atoms with Gasteiger partial charge in [0.2, 0.25) is 0 Å². The van der Waals surface area contributed by atoms with Gasteiger partial charge in [-0.2, -0.15) is 0 Å². The summed E-state index contributed by atoms with van der Waals surface area (Å²) in [6.45, 7) is 3.80. The van der Waals surface area contributed by atoms with Crippen LogP contribution in [-0.2, 0) is 4.74 Å². The monoisotopic (exact) mass is 209 g/mol. The van der Waals surface area contributed by atoms with Crippen molar-refractivity contribution in [2.45, 2.75) is 31.2 Å². The van der Waals surface area contributed by atoms with Gasteiger partial charge in [0, 0.05) is 4.83 Å². The number of carbonyl (C=O) groups excluding carboxylic acids is 1. The van der Waals surface area contributed by atoms with Crippen molar-refractivity contribution in [1.29, 1.82) is 0 Å². The molecule has 2 atom stereocenters. The van der Waals surface area contributed by atoms with E-state index in [0.717, 1.165) is 6.42 Å². The van der Waals surface area contributed by atoms with Gasteiger partial charge in [-0.25, -0.2) is 4.79 Å². The Morgan fingerprint density at radius 2 is 2.20 bits per heavy atom. The SMILES string of the molecule is CC(Br)CC(C)OC(N)=O. The molecule has 0 aromatic carbocycles. The van der Waals surface area contributed by atoms with Gasteiger partial charge >= 0.3 is 6.09 Å². The Bertz CT molecular complexity index is 116. The summed E-state index contributed by atoms with van der Waals surface area (Å²) in [6, 6.07) is 0. The van der Waals surface area contributed by atoms with Gasteiger partial charge in [-0.15, -0.1) is 0 Å². The van der Waals surface area contributed by atoms with Crippen LogP contribution in [0.2, 0.25) is 0 Å². The average molecular weight is 210 g/mol. The molecule has 0 aliphatic rings. The minimum absolute atomic E-state index is 0.105. The van der Waals surface area contributed by atoms with Crippen LogP contribution in [0.1, 0.15) is 20.3 Å². The molecule has 0 rings (SSSR count). The first-order chi connectivity index (χ1) is 4.52. The molecule has 0 spiro atoms. The molecule has 0 aliphatic carbocycles. The molecule has 0 heterocycles. The minimum Gasteiger partial charge on any atom is -0.447 e. The fraction of sp³-hybridized carbons (Fsp3) is 0.833. The molecular formula is C6H12BrNO2. The van der Waals surface area contributed by atoms with E-state index in [-0.39, 0.29) is 6.10 Å². The normalized spacial score (nSPS) is 15.9. The molecule has 0 aromatic heterocycles. The van der Waals surface area contributed by atoms with Crippen LogP contribution in [0, 0.1) is 0 Å². The topological polar surface area (TPSA) is 52.3 Å². The zero-order valence-electron chi connectivity index (χ0n) is 6.13. The zero-order chi connectivity index (χ0) is 8.15. The van der Waals surface area contributed by atoms with Crippen LogP contribution in [0.3, 0.4) is 0 Å². The van der Waals surface area contributed by atoms with Crippen molar-refractivity contribution in [3.63, 3.8) is 0 Å². The van der Waals surface area contributed by atoms with Gasteiger partial charge in [-0.1, -0.05) is 22.9 Å². The molecular weight excluding hydrogens is 198 g/mol. The van der Waals surface area contributed by atoms with Crippen LogP contribution in [0.15, 0.2) is 0 Å². The van der Waals surface area contributed by atoms with E-state index in [9.17, 15) is 4.79 Å². The van der Waals surface area contributed by atoms with Gasteiger partial charge in [-0.05, 0) is 13.3 Å². The van der Waals surface area contributed by atoms with E-state index in [2.05, 4.69) is 20.7 Å². The van der Waals surface area contributed by atoms with E-state index < -0.39 is 6.09 Å². The van der Waals surface area contributed by atoms with Crippen LogP contribution in [-0.4, -0.2) is 17.0 Å². The Morgan fingerprint density at radius 3 is 2.50 bits per heavy atom. The molecule has 0 fully saturated rings. The maximum atomic E-state index is 10.2. The van der Waals surface area contributed by atoms with Crippen molar-refractivity contribution >= 4 is 22.0 Å². The third-order valence-corrected chi connectivity index (χ3v) is 1.35. The molecule has 0 aromatic rings. The summed E-state index contributed by atoms with van der Waals surface area (Å²) in [5.74, 6) is 0. The van der Waals surface area contributed by atoms with E-state index in [4.69, 9.17) is 5.73 Å². The van der Waals surface area contributed by atoms with E-state index in [1.54, 1.807) is 0 Å². The third kappa shape index (κ3) is 5.88. The van der Waals surface area contributed by atoms with E-state index in [0.29, 0.717) is 4.83 Å². The standard InChI is InChI=1S/C6H12BrNO2/c1-4(7)3-5(2)10-6(8)9/h4-5H,3H2,1-2H3,(H2,8,9). The number of rotatable bonds is 3. The molecule has 0 saturated carbocycles. The highest BCUT2D eigenvalue weighted by Crippen LogP contribution is 2.08. The van der Waals surface area contributed by atoms with Crippen molar-refractivity contribution in [2.75, 3.05) is 0 Å². The summed E-state index contributed by atoms with van der Waals surface area (Å²) < 4.78 is 4.67. The molecule has 10 heavy (non-hydrogen) atoms. The second-order valence-corrected chi connectivity index (χ2v) is 3.83. The third-order valence-electron chi connectivity index (χ3n) is 0.974. The van der Waals surface area contributed by atoms with E-state index >= 15 is 0 Å². The molecule has 60 valence electrons. The maximum Gasteiger partial charge on any atom is 0.404 e. The van der Waals surface area contributed by atoms with Gasteiger partial charge in [-0.3, -0.25) is 0 Å². The first-order valence-corrected chi connectivity index (χ1v) is 4.04. The molecule has 3 nitrogen and oxygen atoms in total. The summed E-state index contributed by atoms with van der Waals surface area (Å²) in [5.41, 5.74) is 4.79. The van der Waals surface area contributed by atoms with Crippen LogP contribution in [0.4, 0.5) is 4.79 Å². The lowest BCUT2D eigenvalue weighted by Gasteiger charge is -2.11. The molecule has 4 heteroatoms. The van der Waals surface area contributed by atoms with Gasteiger partial charge in [0.25, 0.3) is 0 Å². The molecule has 1 amide bonds. The van der Waals surface area contributed by atoms with E-state index in [1.807, 2.05) is 13.8 Å². The number of primary amides is 1. The second kappa shape index (κ2) is 4.55. The summed E-state index contributed by atoms with van der Waals surface area (Å²) in [7, 11) is 0. The van der Waals surface area contributed by atoms with Crippen LogP contribution in [0.25, 0.3) is 0 Å².